The van der Waals surface area contributed by atoms with Crippen LogP contribution < -0.4 is 10.6 Å². The van der Waals surface area contributed by atoms with Gasteiger partial charge in [-0.05, 0) is 18.8 Å². The lowest BCUT2D eigenvalue weighted by Gasteiger charge is -2.20. The first-order valence-corrected chi connectivity index (χ1v) is 6.43. The highest BCUT2D eigenvalue weighted by Crippen LogP contribution is 2.24. The number of rotatable bonds is 4. The smallest absolute Gasteiger partial charge is 0.225 e. The van der Waals surface area contributed by atoms with Gasteiger partial charge in [-0.3, -0.25) is 4.79 Å². The molecule has 0 radical (unpaired) electrons. The Hall–Kier alpha value is -0.570. The van der Waals surface area contributed by atoms with E-state index in [0.29, 0.717) is 6.04 Å². The van der Waals surface area contributed by atoms with Gasteiger partial charge in [-0.15, -0.1) is 0 Å². The summed E-state index contributed by atoms with van der Waals surface area (Å²) < 4.78 is 0. The first-order valence-electron chi connectivity index (χ1n) is 6.43. The normalized spacial score (nSPS) is 25.8. The second kappa shape index (κ2) is 5.67. The van der Waals surface area contributed by atoms with Gasteiger partial charge in [-0.25, -0.2) is 0 Å². The van der Waals surface area contributed by atoms with Gasteiger partial charge in [0.05, 0.1) is 0 Å². The van der Waals surface area contributed by atoms with Crippen LogP contribution in [-0.2, 0) is 4.79 Å². The van der Waals surface area contributed by atoms with Crippen LogP contribution in [0.5, 0.6) is 0 Å². The summed E-state index contributed by atoms with van der Waals surface area (Å²) >= 11 is 0. The van der Waals surface area contributed by atoms with E-state index >= 15 is 0 Å². The minimum atomic E-state index is -0.277. The molecule has 0 aromatic rings. The van der Waals surface area contributed by atoms with Crippen molar-refractivity contribution >= 4 is 5.91 Å². The van der Waals surface area contributed by atoms with Crippen LogP contribution in [0.1, 0.15) is 47.0 Å². The van der Waals surface area contributed by atoms with Crippen LogP contribution in [0.3, 0.4) is 0 Å². The first-order chi connectivity index (χ1) is 7.41. The summed E-state index contributed by atoms with van der Waals surface area (Å²) in [5, 5.41) is 6.48. The Kier molecular flexibility index (Phi) is 4.78. The zero-order chi connectivity index (χ0) is 12.2. The Morgan fingerprint density at radius 1 is 1.25 bits per heavy atom. The maximum atomic E-state index is 11.6. The minimum absolute atomic E-state index is 0.133. The fraction of sp³-hybridized carbons (Fsp3) is 0.923. The highest BCUT2D eigenvalue weighted by atomic mass is 16.2. The molecule has 3 heteroatoms. The van der Waals surface area contributed by atoms with E-state index in [1.165, 1.54) is 19.3 Å². The van der Waals surface area contributed by atoms with E-state index in [2.05, 4.69) is 17.6 Å². The Balaban J connectivity index is 2.10. The van der Waals surface area contributed by atoms with Crippen molar-refractivity contribution in [3.63, 3.8) is 0 Å². The predicted octanol–water partition coefficient (Wildman–Crippen LogP) is 1.93. The molecule has 2 N–H and O–H groups in total. The zero-order valence-corrected chi connectivity index (χ0v) is 11.1. The number of hydrogen-bond donors (Lipinski definition) is 2. The molecular weight excluding hydrogens is 200 g/mol. The molecule has 2 unspecified atom stereocenters. The highest BCUT2D eigenvalue weighted by molar-refractivity contribution is 5.81. The Morgan fingerprint density at radius 3 is 2.44 bits per heavy atom. The summed E-state index contributed by atoms with van der Waals surface area (Å²) in [6.07, 6.45) is 3.97. The van der Waals surface area contributed by atoms with Gasteiger partial charge in [0.25, 0.3) is 0 Å². The first kappa shape index (κ1) is 13.5. The Morgan fingerprint density at radius 2 is 1.94 bits per heavy atom. The number of carbonyl (C=O) groups is 1. The molecule has 2 atom stereocenters. The van der Waals surface area contributed by atoms with Crippen LogP contribution in [0.25, 0.3) is 0 Å². The van der Waals surface area contributed by atoms with Crippen molar-refractivity contribution in [2.45, 2.75) is 53.0 Å². The summed E-state index contributed by atoms with van der Waals surface area (Å²) in [6.45, 7) is 9.74. The lowest BCUT2D eigenvalue weighted by molar-refractivity contribution is -0.128. The number of hydrogen-bond acceptors (Lipinski definition) is 2. The molecule has 3 nitrogen and oxygen atoms in total. The second-order valence-corrected chi connectivity index (χ2v) is 5.97. The topological polar surface area (TPSA) is 41.1 Å². The van der Waals surface area contributed by atoms with E-state index < -0.39 is 0 Å². The van der Waals surface area contributed by atoms with Crippen LogP contribution in [0.15, 0.2) is 0 Å². The Bertz CT molecular complexity index is 233. The van der Waals surface area contributed by atoms with E-state index in [0.717, 1.165) is 19.0 Å². The van der Waals surface area contributed by atoms with Gasteiger partial charge >= 0.3 is 0 Å². The third-order valence-corrected chi connectivity index (χ3v) is 3.36. The number of amides is 1. The average molecular weight is 226 g/mol. The summed E-state index contributed by atoms with van der Waals surface area (Å²) in [5.74, 6) is 0.923. The number of carbonyl (C=O) groups excluding carboxylic acids is 1. The van der Waals surface area contributed by atoms with Crippen LogP contribution in [-0.4, -0.2) is 25.0 Å². The third kappa shape index (κ3) is 4.12. The number of nitrogens with one attached hydrogen (secondary N) is 2. The molecular formula is C13H26N2O. The van der Waals surface area contributed by atoms with E-state index in [4.69, 9.17) is 0 Å². The van der Waals surface area contributed by atoms with Crippen LogP contribution >= 0.6 is 0 Å². The molecule has 94 valence electrons. The summed E-state index contributed by atoms with van der Waals surface area (Å²) in [7, 11) is 0. The SMILES string of the molecule is CC1CCCC1NCCNC(=O)C(C)(C)C. The van der Waals surface area contributed by atoms with Gasteiger partial charge in [-0.1, -0.05) is 34.1 Å². The van der Waals surface area contributed by atoms with Gasteiger partial charge < -0.3 is 10.6 Å². The molecule has 16 heavy (non-hydrogen) atoms. The molecule has 0 aromatic heterocycles. The molecule has 0 aromatic carbocycles. The molecule has 0 spiro atoms. The Labute approximate surface area is 99.4 Å². The third-order valence-electron chi connectivity index (χ3n) is 3.36. The fourth-order valence-corrected chi connectivity index (χ4v) is 2.15. The van der Waals surface area contributed by atoms with Gasteiger partial charge in [0.2, 0.25) is 5.91 Å². The standard InChI is InChI=1S/C13H26N2O/c1-10-6-5-7-11(10)14-8-9-15-12(16)13(2,3)4/h10-11,14H,5-9H2,1-4H3,(H,15,16). The molecule has 0 heterocycles. The van der Waals surface area contributed by atoms with E-state index in [1.807, 2.05) is 20.8 Å². The van der Waals surface area contributed by atoms with Gasteiger partial charge in [0.15, 0.2) is 0 Å². The second-order valence-electron chi connectivity index (χ2n) is 5.97. The predicted molar refractivity (Wildman–Crippen MR) is 67.3 cm³/mol. The molecule has 0 saturated heterocycles. The molecule has 1 saturated carbocycles. The van der Waals surface area contributed by atoms with Crippen LogP contribution in [0, 0.1) is 11.3 Å². The average Bonchev–Trinajstić information content (AvgIpc) is 2.57. The maximum Gasteiger partial charge on any atom is 0.225 e. The summed E-state index contributed by atoms with van der Waals surface area (Å²) in [4.78, 5) is 11.6. The molecule has 1 aliphatic carbocycles. The van der Waals surface area contributed by atoms with E-state index in [-0.39, 0.29) is 11.3 Å². The molecule has 0 bridgehead atoms. The van der Waals surface area contributed by atoms with Crippen molar-refractivity contribution in [2.75, 3.05) is 13.1 Å². The zero-order valence-electron chi connectivity index (χ0n) is 11.1. The van der Waals surface area contributed by atoms with E-state index in [1.54, 1.807) is 0 Å². The van der Waals surface area contributed by atoms with Crippen molar-refractivity contribution in [2.24, 2.45) is 11.3 Å². The highest BCUT2D eigenvalue weighted by Gasteiger charge is 2.23. The molecule has 1 rings (SSSR count). The van der Waals surface area contributed by atoms with Gasteiger partial charge in [0, 0.05) is 24.5 Å². The fourth-order valence-electron chi connectivity index (χ4n) is 2.15. The molecule has 1 amide bonds. The molecule has 0 aliphatic heterocycles. The maximum absolute atomic E-state index is 11.6. The van der Waals surface area contributed by atoms with Crippen LogP contribution in [0.4, 0.5) is 0 Å². The minimum Gasteiger partial charge on any atom is -0.354 e. The van der Waals surface area contributed by atoms with Crippen molar-refractivity contribution in [1.29, 1.82) is 0 Å². The van der Waals surface area contributed by atoms with Crippen molar-refractivity contribution in [3.05, 3.63) is 0 Å². The summed E-state index contributed by atoms with van der Waals surface area (Å²) in [6, 6.07) is 0.659. The van der Waals surface area contributed by atoms with Gasteiger partial charge in [-0.2, -0.15) is 0 Å². The van der Waals surface area contributed by atoms with Gasteiger partial charge in [0.1, 0.15) is 0 Å². The summed E-state index contributed by atoms with van der Waals surface area (Å²) in [5.41, 5.74) is -0.277. The largest absolute Gasteiger partial charge is 0.354 e. The van der Waals surface area contributed by atoms with Crippen molar-refractivity contribution in [3.8, 4) is 0 Å². The van der Waals surface area contributed by atoms with E-state index in [9.17, 15) is 4.79 Å². The van der Waals surface area contributed by atoms with Crippen LogP contribution in [0.2, 0.25) is 0 Å². The lowest BCUT2D eigenvalue weighted by Crippen LogP contribution is -2.41. The molecule has 1 aliphatic rings. The monoisotopic (exact) mass is 226 g/mol. The quantitative estimate of drug-likeness (QED) is 0.719. The van der Waals surface area contributed by atoms with Crippen molar-refractivity contribution in [1.82, 2.24) is 10.6 Å². The van der Waals surface area contributed by atoms with Crippen molar-refractivity contribution < 1.29 is 4.79 Å². The molecule has 1 fully saturated rings. The lowest BCUT2D eigenvalue weighted by atomic mass is 9.96.